The smallest absolute Gasteiger partial charge is 0.389 e. The molecule has 2 rings (SSSR count). The van der Waals surface area contributed by atoms with Crippen molar-refractivity contribution in [1.82, 2.24) is 4.90 Å². The van der Waals surface area contributed by atoms with Crippen LogP contribution in [0.15, 0.2) is 24.3 Å². The molecule has 1 N–H and O–H groups in total. The van der Waals surface area contributed by atoms with Gasteiger partial charge < -0.3 is 14.6 Å². The van der Waals surface area contributed by atoms with E-state index in [4.69, 9.17) is 9.47 Å². The molecule has 1 saturated heterocycles. The lowest BCUT2D eigenvalue weighted by Crippen LogP contribution is -2.43. The molecule has 124 valence electrons. The maximum absolute atomic E-state index is 13.1. The average Bonchev–Trinajstić information content (AvgIpc) is 2.47. The molecule has 0 aliphatic carbocycles. The van der Waals surface area contributed by atoms with E-state index in [1.807, 2.05) is 4.90 Å². The predicted molar refractivity (Wildman–Crippen MR) is 74.5 cm³/mol. The first-order valence-electron chi connectivity index (χ1n) is 7.09. The van der Waals surface area contributed by atoms with Crippen molar-refractivity contribution in [2.75, 3.05) is 40.0 Å². The number of β-amino-alcohol motifs (C(OH)–C–C–N with tert-alkyl or cyclic N) is 1. The molecule has 0 amide bonds. The Hall–Kier alpha value is -1.15. The van der Waals surface area contributed by atoms with Crippen LogP contribution in [0.1, 0.15) is 17.2 Å². The third-order valence-electron chi connectivity index (χ3n) is 3.59. The van der Waals surface area contributed by atoms with Crippen molar-refractivity contribution in [2.45, 2.75) is 18.4 Å². The van der Waals surface area contributed by atoms with Crippen LogP contribution >= 0.6 is 0 Å². The molecule has 2 atom stereocenters. The van der Waals surface area contributed by atoms with Crippen LogP contribution in [0.2, 0.25) is 0 Å². The van der Waals surface area contributed by atoms with E-state index in [-0.39, 0.29) is 12.2 Å². The third-order valence-corrected chi connectivity index (χ3v) is 3.59. The normalized spacial score (nSPS) is 21.8. The number of ether oxygens (including phenoxy) is 2. The molecule has 1 aromatic carbocycles. The van der Waals surface area contributed by atoms with Crippen LogP contribution in [0.5, 0.6) is 0 Å². The number of methoxy groups -OCH3 is 1. The van der Waals surface area contributed by atoms with Gasteiger partial charge in [-0.3, -0.25) is 4.90 Å². The fourth-order valence-corrected chi connectivity index (χ4v) is 2.64. The first-order chi connectivity index (χ1) is 10.4. The second-order valence-electron chi connectivity index (χ2n) is 5.31. The van der Waals surface area contributed by atoms with Gasteiger partial charge in [0.05, 0.1) is 31.0 Å². The predicted octanol–water partition coefficient (Wildman–Crippen LogP) is 2.09. The molecule has 0 aromatic heterocycles. The number of halogens is 3. The number of aliphatic hydroxyl groups is 1. The second-order valence-corrected chi connectivity index (χ2v) is 5.31. The Morgan fingerprint density at radius 2 is 2.14 bits per heavy atom. The van der Waals surface area contributed by atoms with Crippen LogP contribution in [0.4, 0.5) is 13.2 Å². The van der Waals surface area contributed by atoms with Gasteiger partial charge in [-0.2, -0.15) is 13.2 Å². The molecule has 1 aliphatic heterocycles. The van der Waals surface area contributed by atoms with E-state index in [1.165, 1.54) is 19.2 Å². The van der Waals surface area contributed by atoms with Crippen LogP contribution in [0.3, 0.4) is 0 Å². The summed E-state index contributed by atoms with van der Waals surface area (Å²) in [5.74, 6) is 0. The fourth-order valence-electron chi connectivity index (χ4n) is 2.64. The van der Waals surface area contributed by atoms with E-state index in [0.29, 0.717) is 26.2 Å². The van der Waals surface area contributed by atoms with E-state index in [9.17, 15) is 18.3 Å². The summed E-state index contributed by atoms with van der Waals surface area (Å²) in [5, 5.41) is 9.75. The van der Waals surface area contributed by atoms with Gasteiger partial charge >= 0.3 is 6.18 Å². The zero-order valence-electron chi connectivity index (χ0n) is 12.3. The maximum Gasteiger partial charge on any atom is 0.416 e. The van der Waals surface area contributed by atoms with Crippen molar-refractivity contribution in [3.8, 4) is 0 Å². The minimum atomic E-state index is -4.40. The summed E-state index contributed by atoms with van der Waals surface area (Å²) in [6.45, 7) is 1.76. The summed E-state index contributed by atoms with van der Waals surface area (Å²) < 4.78 is 49.6. The second kappa shape index (κ2) is 7.41. The molecule has 4 nitrogen and oxygen atoms in total. The number of hydrogen-bond donors (Lipinski definition) is 1. The zero-order valence-corrected chi connectivity index (χ0v) is 12.3. The monoisotopic (exact) mass is 319 g/mol. The molecule has 1 aromatic rings. The van der Waals surface area contributed by atoms with Crippen LogP contribution < -0.4 is 0 Å². The maximum atomic E-state index is 13.1. The van der Waals surface area contributed by atoms with Crippen molar-refractivity contribution >= 4 is 0 Å². The number of rotatable bonds is 5. The first-order valence-corrected chi connectivity index (χ1v) is 7.09. The Morgan fingerprint density at radius 1 is 1.41 bits per heavy atom. The van der Waals surface area contributed by atoms with Crippen molar-refractivity contribution < 1.29 is 27.8 Å². The SMILES string of the molecule is COC[C@@H](O)CN1CCO[C@@H](c2ccccc2C(F)(F)F)C1. The number of hydrogen-bond acceptors (Lipinski definition) is 4. The van der Waals surface area contributed by atoms with E-state index >= 15 is 0 Å². The molecule has 1 fully saturated rings. The molecule has 1 heterocycles. The Balaban J connectivity index is 2.10. The molecule has 0 saturated carbocycles. The van der Waals surface area contributed by atoms with Crippen LogP contribution in [-0.4, -0.2) is 56.1 Å². The van der Waals surface area contributed by atoms with Gasteiger partial charge in [-0.05, 0) is 11.6 Å². The lowest BCUT2D eigenvalue weighted by Gasteiger charge is -2.35. The highest BCUT2D eigenvalue weighted by Gasteiger charge is 2.36. The minimum absolute atomic E-state index is 0.140. The Morgan fingerprint density at radius 3 is 2.82 bits per heavy atom. The van der Waals surface area contributed by atoms with Crippen molar-refractivity contribution in [3.05, 3.63) is 35.4 Å². The Labute approximate surface area is 127 Å². The van der Waals surface area contributed by atoms with Gasteiger partial charge in [0.15, 0.2) is 0 Å². The number of nitrogens with zero attached hydrogens (tertiary/aromatic N) is 1. The largest absolute Gasteiger partial charge is 0.416 e. The molecule has 1 aliphatic rings. The molecular weight excluding hydrogens is 299 g/mol. The lowest BCUT2D eigenvalue weighted by molar-refractivity contribution is -0.140. The van der Waals surface area contributed by atoms with Gasteiger partial charge in [-0.1, -0.05) is 18.2 Å². The molecule has 22 heavy (non-hydrogen) atoms. The standard InChI is InChI=1S/C15H20F3NO3/c1-21-10-11(20)8-19-6-7-22-14(9-19)12-4-2-3-5-13(12)15(16,17)18/h2-5,11,14,20H,6-10H2,1H3/t11-,14+/m0/s1. The number of aliphatic hydroxyl groups excluding tert-OH is 1. The molecule has 0 unspecified atom stereocenters. The summed E-state index contributed by atoms with van der Waals surface area (Å²) in [6.07, 6.45) is -5.72. The van der Waals surface area contributed by atoms with Gasteiger partial charge in [0.1, 0.15) is 0 Å². The first kappa shape index (κ1) is 17.2. The number of morpholine rings is 1. The highest BCUT2D eigenvalue weighted by molar-refractivity contribution is 5.32. The van der Waals surface area contributed by atoms with E-state index in [2.05, 4.69) is 0 Å². The topological polar surface area (TPSA) is 41.9 Å². The summed E-state index contributed by atoms with van der Waals surface area (Å²) in [5.41, 5.74) is -0.528. The molecule has 0 spiro atoms. The summed E-state index contributed by atoms with van der Waals surface area (Å²) in [7, 11) is 1.49. The van der Waals surface area contributed by atoms with Crippen LogP contribution in [-0.2, 0) is 15.7 Å². The molecule has 7 heteroatoms. The highest BCUT2D eigenvalue weighted by atomic mass is 19.4. The third kappa shape index (κ3) is 4.42. The average molecular weight is 319 g/mol. The van der Waals surface area contributed by atoms with E-state index in [0.717, 1.165) is 6.07 Å². The van der Waals surface area contributed by atoms with Crippen molar-refractivity contribution in [1.29, 1.82) is 0 Å². The summed E-state index contributed by atoms with van der Waals surface area (Å²) in [6, 6.07) is 5.46. The molecule has 0 radical (unpaired) electrons. The van der Waals surface area contributed by atoms with Gasteiger partial charge in [-0.15, -0.1) is 0 Å². The Bertz CT molecular complexity index is 481. The van der Waals surface area contributed by atoms with Gasteiger partial charge in [-0.25, -0.2) is 0 Å². The summed E-state index contributed by atoms with van der Waals surface area (Å²) in [4.78, 5) is 1.89. The van der Waals surface area contributed by atoms with Crippen LogP contribution in [0.25, 0.3) is 0 Å². The van der Waals surface area contributed by atoms with Crippen LogP contribution in [0, 0.1) is 0 Å². The van der Waals surface area contributed by atoms with Crippen molar-refractivity contribution in [3.63, 3.8) is 0 Å². The quantitative estimate of drug-likeness (QED) is 0.902. The Kier molecular flexibility index (Phi) is 5.80. The summed E-state index contributed by atoms with van der Waals surface area (Å²) >= 11 is 0. The zero-order chi connectivity index (χ0) is 16.2. The van der Waals surface area contributed by atoms with Gasteiger partial charge in [0.2, 0.25) is 0 Å². The van der Waals surface area contributed by atoms with Gasteiger partial charge in [0, 0.05) is 26.7 Å². The van der Waals surface area contributed by atoms with E-state index in [1.54, 1.807) is 6.07 Å². The highest BCUT2D eigenvalue weighted by Crippen LogP contribution is 2.36. The number of alkyl halides is 3. The lowest BCUT2D eigenvalue weighted by atomic mass is 10.0. The molecule has 0 bridgehead atoms. The van der Waals surface area contributed by atoms with E-state index < -0.39 is 23.9 Å². The number of benzene rings is 1. The van der Waals surface area contributed by atoms with Crippen molar-refractivity contribution in [2.24, 2.45) is 0 Å². The minimum Gasteiger partial charge on any atom is -0.389 e. The van der Waals surface area contributed by atoms with Gasteiger partial charge in [0.25, 0.3) is 0 Å². The fraction of sp³-hybridized carbons (Fsp3) is 0.600. The molecular formula is C15H20F3NO3.